The van der Waals surface area contributed by atoms with E-state index < -0.39 is 12.9 Å². The summed E-state index contributed by atoms with van der Waals surface area (Å²) in [6, 6.07) is 7.78. The van der Waals surface area contributed by atoms with Crippen LogP contribution in [-0.2, 0) is 11.3 Å². The minimum absolute atomic E-state index is 0.210. The summed E-state index contributed by atoms with van der Waals surface area (Å²) in [4.78, 5) is 0. The highest BCUT2D eigenvalue weighted by Gasteiger charge is 2.29. The van der Waals surface area contributed by atoms with Gasteiger partial charge in [-0.15, -0.1) is 0 Å². The lowest BCUT2D eigenvalue weighted by Crippen LogP contribution is -2.28. The van der Waals surface area contributed by atoms with E-state index >= 15 is 0 Å². The molecule has 0 unspecified atom stereocenters. The van der Waals surface area contributed by atoms with Gasteiger partial charge in [-0.2, -0.15) is 0 Å². The Hall–Kier alpha value is -1.07. The van der Waals surface area contributed by atoms with Gasteiger partial charge in [0.15, 0.2) is 0 Å². The first kappa shape index (κ1) is 12.9. The van der Waals surface area contributed by atoms with Crippen LogP contribution in [0.3, 0.4) is 0 Å². The van der Waals surface area contributed by atoms with Crippen molar-refractivity contribution in [3.8, 4) is 11.1 Å². The summed E-state index contributed by atoms with van der Waals surface area (Å²) < 4.78 is 19.2. The van der Waals surface area contributed by atoms with Crippen LogP contribution in [0.15, 0.2) is 30.3 Å². The van der Waals surface area contributed by atoms with Gasteiger partial charge in [0.2, 0.25) is 0 Å². The van der Waals surface area contributed by atoms with Crippen molar-refractivity contribution in [2.75, 3.05) is 0 Å². The normalized spacial score (nSPS) is 13.8. The van der Waals surface area contributed by atoms with Crippen molar-refractivity contribution < 1.29 is 14.1 Å². The van der Waals surface area contributed by atoms with E-state index in [1.165, 1.54) is 6.07 Å². The molecule has 0 saturated heterocycles. The van der Waals surface area contributed by atoms with Crippen molar-refractivity contribution >= 4 is 35.8 Å². The Morgan fingerprint density at radius 2 is 1.95 bits per heavy atom. The van der Waals surface area contributed by atoms with Gasteiger partial charge < -0.3 is 9.68 Å². The predicted octanol–water partition coefficient (Wildman–Crippen LogP) is 3.02. The van der Waals surface area contributed by atoms with E-state index in [1.54, 1.807) is 24.3 Å². The molecule has 1 heterocycles. The topological polar surface area (TPSA) is 29.5 Å². The van der Waals surface area contributed by atoms with Crippen LogP contribution in [0.25, 0.3) is 11.1 Å². The monoisotopic (exact) mass is 296 g/mol. The quantitative estimate of drug-likeness (QED) is 0.820. The Kier molecular flexibility index (Phi) is 3.27. The molecule has 0 radical (unpaired) electrons. The van der Waals surface area contributed by atoms with Crippen LogP contribution in [0.5, 0.6) is 0 Å². The first-order valence-electron chi connectivity index (χ1n) is 5.63. The molecular formula is C13H8BCl2FO2. The molecule has 0 bridgehead atoms. The Morgan fingerprint density at radius 1 is 1.16 bits per heavy atom. The molecule has 2 aromatic rings. The number of hydrogen-bond acceptors (Lipinski definition) is 2. The number of halogens is 3. The maximum absolute atomic E-state index is 14.1. The average molecular weight is 297 g/mol. The lowest BCUT2D eigenvalue weighted by Gasteiger charge is -2.09. The first-order valence-corrected chi connectivity index (χ1v) is 6.39. The number of fused-ring (bicyclic) bond motifs is 1. The van der Waals surface area contributed by atoms with Crippen molar-refractivity contribution in [3.05, 3.63) is 51.8 Å². The molecule has 96 valence electrons. The van der Waals surface area contributed by atoms with Gasteiger partial charge in [0.1, 0.15) is 5.82 Å². The Bertz CT molecular complexity index is 663. The van der Waals surface area contributed by atoms with Crippen molar-refractivity contribution in [2.24, 2.45) is 0 Å². The van der Waals surface area contributed by atoms with E-state index in [2.05, 4.69) is 0 Å². The second-order valence-electron chi connectivity index (χ2n) is 4.32. The van der Waals surface area contributed by atoms with Crippen molar-refractivity contribution in [1.82, 2.24) is 0 Å². The van der Waals surface area contributed by atoms with Crippen LogP contribution in [0.2, 0.25) is 10.0 Å². The molecule has 0 aromatic heterocycles. The Labute approximate surface area is 119 Å². The van der Waals surface area contributed by atoms with Crippen LogP contribution in [-0.4, -0.2) is 12.1 Å². The average Bonchev–Trinajstić information content (AvgIpc) is 2.70. The highest BCUT2D eigenvalue weighted by atomic mass is 35.5. The Morgan fingerprint density at radius 3 is 2.68 bits per heavy atom. The standard InChI is InChI=1S/C13H8BCl2FO2/c15-8-1-2-9(12(16)4-8)10-5-11-7(3-13(10)17)6-19-14(11)18/h1-5,18H,6H2. The number of benzene rings is 2. The van der Waals surface area contributed by atoms with Crippen LogP contribution >= 0.6 is 23.2 Å². The lowest BCUT2D eigenvalue weighted by molar-refractivity contribution is 0.275. The molecule has 2 aromatic carbocycles. The SMILES string of the molecule is OB1OCc2cc(F)c(-c3ccc(Cl)cc3Cl)cc21. The van der Waals surface area contributed by atoms with Crippen LogP contribution in [0.1, 0.15) is 5.56 Å². The third-order valence-electron chi connectivity index (χ3n) is 3.11. The van der Waals surface area contributed by atoms with E-state index in [0.717, 1.165) is 0 Å². The van der Waals surface area contributed by atoms with Crippen molar-refractivity contribution in [3.63, 3.8) is 0 Å². The van der Waals surface area contributed by atoms with Gasteiger partial charge in [-0.25, -0.2) is 4.39 Å². The minimum Gasteiger partial charge on any atom is -0.423 e. The predicted molar refractivity (Wildman–Crippen MR) is 74.3 cm³/mol. The molecule has 0 spiro atoms. The molecule has 1 N–H and O–H groups in total. The maximum atomic E-state index is 14.1. The summed E-state index contributed by atoms with van der Waals surface area (Å²) in [5, 5.41) is 10.5. The molecule has 2 nitrogen and oxygen atoms in total. The fourth-order valence-corrected chi connectivity index (χ4v) is 2.67. The molecule has 1 aliphatic heterocycles. The van der Waals surface area contributed by atoms with E-state index in [9.17, 15) is 9.41 Å². The van der Waals surface area contributed by atoms with E-state index in [1.807, 2.05) is 0 Å². The van der Waals surface area contributed by atoms with Gasteiger partial charge in [0.05, 0.1) is 6.61 Å². The van der Waals surface area contributed by atoms with E-state index in [4.69, 9.17) is 27.9 Å². The first-order chi connectivity index (χ1) is 9.06. The summed E-state index contributed by atoms with van der Waals surface area (Å²) in [7, 11) is -1.01. The zero-order valence-corrected chi connectivity index (χ0v) is 11.2. The van der Waals surface area contributed by atoms with Gasteiger partial charge in [-0.05, 0) is 29.2 Å². The largest absolute Gasteiger partial charge is 0.491 e. The summed E-state index contributed by atoms with van der Waals surface area (Å²) in [5.74, 6) is -0.402. The van der Waals surface area contributed by atoms with Gasteiger partial charge in [-0.3, -0.25) is 0 Å². The van der Waals surface area contributed by atoms with Crippen LogP contribution in [0.4, 0.5) is 4.39 Å². The molecule has 0 aliphatic carbocycles. The van der Waals surface area contributed by atoms with Crippen molar-refractivity contribution in [2.45, 2.75) is 6.61 Å². The molecule has 6 heteroatoms. The molecule has 0 saturated carbocycles. The molecular weight excluding hydrogens is 289 g/mol. The molecule has 0 amide bonds. The highest BCUT2D eigenvalue weighted by Crippen LogP contribution is 2.32. The fraction of sp³-hybridized carbons (Fsp3) is 0.0769. The fourth-order valence-electron chi connectivity index (χ4n) is 2.16. The summed E-state index contributed by atoms with van der Waals surface area (Å²) >= 11 is 11.9. The smallest absolute Gasteiger partial charge is 0.423 e. The summed E-state index contributed by atoms with van der Waals surface area (Å²) in [6.07, 6.45) is 0. The van der Waals surface area contributed by atoms with Gasteiger partial charge in [0, 0.05) is 21.2 Å². The highest BCUT2D eigenvalue weighted by molar-refractivity contribution is 6.61. The zero-order valence-electron chi connectivity index (χ0n) is 9.66. The minimum atomic E-state index is -1.01. The molecule has 19 heavy (non-hydrogen) atoms. The molecule has 0 atom stereocenters. The van der Waals surface area contributed by atoms with E-state index in [0.29, 0.717) is 32.2 Å². The Balaban J connectivity index is 2.18. The maximum Gasteiger partial charge on any atom is 0.491 e. The number of rotatable bonds is 1. The van der Waals surface area contributed by atoms with Crippen LogP contribution < -0.4 is 5.46 Å². The lowest BCUT2D eigenvalue weighted by atomic mass is 9.78. The zero-order chi connectivity index (χ0) is 13.6. The second kappa shape index (κ2) is 4.80. The van der Waals surface area contributed by atoms with Gasteiger partial charge in [-0.1, -0.05) is 35.3 Å². The number of hydrogen-bond donors (Lipinski definition) is 1. The third-order valence-corrected chi connectivity index (χ3v) is 3.66. The third kappa shape index (κ3) is 2.25. The van der Waals surface area contributed by atoms with Crippen LogP contribution in [0, 0.1) is 5.82 Å². The van der Waals surface area contributed by atoms with Gasteiger partial charge in [0.25, 0.3) is 0 Å². The van der Waals surface area contributed by atoms with Crippen molar-refractivity contribution in [1.29, 1.82) is 0 Å². The summed E-state index contributed by atoms with van der Waals surface area (Å²) in [6.45, 7) is 0.210. The van der Waals surface area contributed by atoms with Gasteiger partial charge >= 0.3 is 7.12 Å². The second-order valence-corrected chi connectivity index (χ2v) is 5.16. The van der Waals surface area contributed by atoms with E-state index in [-0.39, 0.29) is 6.61 Å². The molecule has 3 rings (SSSR count). The summed E-state index contributed by atoms with van der Waals surface area (Å²) in [5.41, 5.74) is 2.08. The molecule has 1 aliphatic rings. The molecule has 0 fully saturated rings.